The molecule has 1 aromatic heterocycles. The molecule has 1 amide bonds. The minimum Gasteiger partial charge on any atom is -0.382 e. The van der Waals surface area contributed by atoms with Gasteiger partial charge in [0.15, 0.2) is 0 Å². The molecule has 0 radical (unpaired) electrons. The van der Waals surface area contributed by atoms with E-state index in [1.807, 2.05) is 0 Å². The number of nitrogens with zero attached hydrogens (tertiary/aromatic N) is 2. The second-order valence-corrected chi connectivity index (χ2v) is 2.98. The molecule has 2 N–H and O–H groups in total. The fraction of sp³-hybridized carbons (Fsp3) is 0.250. The van der Waals surface area contributed by atoms with Gasteiger partial charge in [0, 0.05) is 13.2 Å². The molecular weight excluding hydrogens is 206 g/mol. The highest BCUT2D eigenvalue weighted by Crippen LogP contribution is 2.17. The Hall–Kier alpha value is -1.33. The minimum atomic E-state index is -0.332. The predicted octanol–water partition coefficient (Wildman–Crippen LogP) is 0.951. The number of hydrogen-bond acceptors (Lipinski definition) is 4. The minimum absolute atomic E-state index is 0.197. The van der Waals surface area contributed by atoms with E-state index in [1.165, 1.54) is 26.4 Å². The van der Waals surface area contributed by atoms with Gasteiger partial charge < -0.3 is 5.73 Å². The second-order valence-electron chi connectivity index (χ2n) is 2.58. The van der Waals surface area contributed by atoms with Gasteiger partial charge in [0.25, 0.3) is 5.91 Å². The van der Waals surface area contributed by atoms with Gasteiger partial charge in [-0.15, -0.1) is 0 Å². The molecular formula is C8H10ClN3O2. The molecule has 0 fully saturated rings. The van der Waals surface area contributed by atoms with Gasteiger partial charge >= 0.3 is 0 Å². The van der Waals surface area contributed by atoms with E-state index in [0.717, 1.165) is 5.06 Å². The van der Waals surface area contributed by atoms with Crippen molar-refractivity contribution in [3.63, 3.8) is 0 Å². The monoisotopic (exact) mass is 215 g/mol. The van der Waals surface area contributed by atoms with E-state index in [-0.39, 0.29) is 16.7 Å². The molecule has 1 aromatic rings. The van der Waals surface area contributed by atoms with Crippen LogP contribution in [0.25, 0.3) is 0 Å². The summed E-state index contributed by atoms with van der Waals surface area (Å²) in [5, 5.41) is 1.32. The molecule has 0 unspecified atom stereocenters. The maximum absolute atomic E-state index is 11.5. The summed E-state index contributed by atoms with van der Waals surface area (Å²) >= 11 is 5.71. The van der Waals surface area contributed by atoms with Gasteiger partial charge in [-0.2, -0.15) is 0 Å². The number of carbonyl (C=O) groups is 1. The summed E-state index contributed by atoms with van der Waals surface area (Å²) in [6.45, 7) is 0. The number of anilines is 1. The molecule has 0 aromatic carbocycles. The Bertz CT molecular complexity index is 356. The van der Waals surface area contributed by atoms with Crippen LogP contribution >= 0.6 is 11.6 Å². The maximum atomic E-state index is 11.5. The van der Waals surface area contributed by atoms with Crippen molar-refractivity contribution >= 4 is 23.3 Å². The number of pyridine rings is 1. The highest BCUT2D eigenvalue weighted by Gasteiger charge is 2.12. The summed E-state index contributed by atoms with van der Waals surface area (Å²) in [7, 11) is 2.89. The predicted molar refractivity (Wildman–Crippen MR) is 52.8 cm³/mol. The molecule has 76 valence electrons. The van der Waals surface area contributed by atoms with Crippen molar-refractivity contribution in [2.75, 3.05) is 19.9 Å². The van der Waals surface area contributed by atoms with E-state index in [0.29, 0.717) is 5.56 Å². The molecule has 1 rings (SSSR count). The number of amides is 1. The molecule has 6 heteroatoms. The van der Waals surface area contributed by atoms with Gasteiger partial charge in [0.05, 0.1) is 17.7 Å². The lowest BCUT2D eigenvalue weighted by atomic mass is 10.2. The average Bonchev–Trinajstić information content (AvgIpc) is 2.20. The second kappa shape index (κ2) is 4.26. The molecule has 0 aliphatic carbocycles. The lowest BCUT2D eigenvalue weighted by molar-refractivity contribution is -0.0757. The number of nitrogens with two attached hydrogens (primary N) is 1. The Morgan fingerprint density at radius 1 is 1.71 bits per heavy atom. The third-order valence-corrected chi connectivity index (χ3v) is 1.98. The summed E-state index contributed by atoms with van der Waals surface area (Å²) in [5.74, 6) is -0.134. The lowest BCUT2D eigenvalue weighted by Gasteiger charge is -2.13. The van der Waals surface area contributed by atoms with Gasteiger partial charge in [-0.3, -0.25) is 9.63 Å². The molecule has 0 saturated carbocycles. The van der Waals surface area contributed by atoms with E-state index in [2.05, 4.69) is 4.98 Å². The maximum Gasteiger partial charge on any atom is 0.278 e. The molecule has 0 atom stereocenters. The van der Waals surface area contributed by atoms with Crippen LogP contribution in [0.3, 0.4) is 0 Å². The van der Waals surface area contributed by atoms with Gasteiger partial charge in [-0.05, 0) is 6.07 Å². The van der Waals surface area contributed by atoms with Gasteiger partial charge in [0.2, 0.25) is 0 Å². The Morgan fingerprint density at radius 2 is 2.36 bits per heavy atom. The highest BCUT2D eigenvalue weighted by atomic mass is 35.5. The third kappa shape index (κ3) is 2.12. The first-order chi connectivity index (χ1) is 6.56. The van der Waals surface area contributed by atoms with Crippen LogP contribution in [0.5, 0.6) is 0 Å². The summed E-state index contributed by atoms with van der Waals surface area (Å²) < 4.78 is 0. The van der Waals surface area contributed by atoms with Crippen LogP contribution in [0.15, 0.2) is 12.3 Å². The Kier molecular flexibility index (Phi) is 3.27. The fourth-order valence-electron chi connectivity index (χ4n) is 0.830. The molecule has 0 spiro atoms. The van der Waals surface area contributed by atoms with Crippen molar-refractivity contribution in [1.82, 2.24) is 10.0 Å². The zero-order chi connectivity index (χ0) is 10.7. The Labute approximate surface area is 86.4 Å². The van der Waals surface area contributed by atoms with Gasteiger partial charge in [-0.1, -0.05) is 11.6 Å². The van der Waals surface area contributed by atoms with E-state index >= 15 is 0 Å². The topological polar surface area (TPSA) is 68.5 Å². The van der Waals surface area contributed by atoms with Crippen LogP contribution in [0.2, 0.25) is 5.02 Å². The number of carbonyl (C=O) groups excluding carboxylic acids is 1. The summed E-state index contributed by atoms with van der Waals surface area (Å²) in [6.07, 6.45) is 1.35. The van der Waals surface area contributed by atoms with Crippen molar-refractivity contribution in [2.45, 2.75) is 0 Å². The molecule has 0 aliphatic rings. The van der Waals surface area contributed by atoms with Gasteiger partial charge in [0.1, 0.15) is 5.82 Å². The molecule has 0 bridgehead atoms. The van der Waals surface area contributed by atoms with Crippen LogP contribution in [0.4, 0.5) is 5.82 Å². The van der Waals surface area contributed by atoms with Crippen LogP contribution in [0.1, 0.15) is 10.4 Å². The quantitative estimate of drug-likeness (QED) is 0.746. The largest absolute Gasteiger partial charge is 0.382 e. The van der Waals surface area contributed by atoms with Crippen molar-refractivity contribution in [1.29, 1.82) is 0 Å². The third-order valence-electron chi connectivity index (χ3n) is 1.68. The standard InChI is InChI=1S/C8H10ClN3O2/c1-12(14-2)8(13)5-3-6(9)7(10)11-4-5/h3-4H,1-2H3,(H2,10,11). The number of hydrogen-bond donors (Lipinski definition) is 1. The molecule has 1 heterocycles. The summed E-state index contributed by atoms with van der Waals surface area (Å²) in [5.41, 5.74) is 5.73. The number of nitrogen functional groups attached to an aromatic ring is 1. The lowest BCUT2D eigenvalue weighted by Crippen LogP contribution is -2.25. The highest BCUT2D eigenvalue weighted by molar-refractivity contribution is 6.33. The number of aromatic nitrogens is 1. The number of rotatable bonds is 2. The first kappa shape index (κ1) is 10.7. The normalized spacial score (nSPS) is 9.93. The fourth-order valence-corrected chi connectivity index (χ4v) is 0.997. The van der Waals surface area contributed by atoms with Crippen molar-refractivity contribution in [2.24, 2.45) is 0 Å². The van der Waals surface area contributed by atoms with E-state index < -0.39 is 0 Å². The average molecular weight is 216 g/mol. The number of hydroxylamine groups is 2. The van der Waals surface area contributed by atoms with E-state index in [1.54, 1.807) is 0 Å². The van der Waals surface area contributed by atoms with Crippen molar-refractivity contribution in [3.8, 4) is 0 Å². The van der Waals surface area contributed by atoms with Crippen molar-refractivity contribution in [3.05, 3.63) is 22.8 Å². The smallest absolute Gasteiger partial charge is 0.278 e. The molecule has 0 saturated heterocycles. The van der Waals surface area contributed by atoms with Crippen molar-refractivity contribution < 1.29 is 9.63 Å². The van der Waals surface area contributed by atoms with Gasteiger partial charge in [-0.25, -0.2) is 10.0 Å². The molecule has 5 nitrogen and oxygen atoms in total. The van der Waals surface area contributed by atoms with Crippen LogP contribution in [-0.2, 0) is 4.84 Å². The molecule has 14 heavy (non-hydrogen) atoms. The zero-order valence-corrected chi connectivity index (χ0v) is 8.58. The summed E-state index contributed by atoms with van der Waals surface area (Å²) in [6, 6.07) is 1.45. The first-order valence-electron chi connectivity index (χ1n) is 3.79. The Balaban J connectivity index is 2.97. The van der Waals surface area contributed by atoms with Crippen LogP contribution < -0.4 is 5.73 Å². The molecule has 0 aliphatic heterocycles. The van der Waals surface area contributed by atoms with E-state index in [9.17, 15) is 4.79 Å². The first-order valence-corrected chi connectivity index (χ1v) is 4.17. The Morgan fingerprint density at radius 3 is 2.86 bits per heavy atom. The number of halogens is 1. The summed E-state index contributed by atoms with van der Waals surface area (Å²) in [4.78, 5) is 20.0. The van der Waals surface area contributed by atoms with Crippen LogP contribution in [0, 0.1) is 0 Å². The van der Waals surface area contributed by atoms with Crippen LogP contribution in [-0.4, -0.2) is 30.1 Å². The zero-order valence-electron chi connectivity index (χ0n) is 7.82. The van der Waals surface area contributed by atoms with E-state index in [4.69, 9.17) is 22.2 Å². The SMILES string of the molecule is CON(C)C(=O)c1cnc(N)c(Cl)c1.